The minimum atomic E-state index is -4.40. The van der Waals surface area contributed by atoms with Crippen LogP contribution in [-0.4, -0.2) is 48.7 Å². The Morgan fingerprint density at radius 3 is 2.65 bits per heavy atom. The molecule has 1 unspecified atom stereocenters. The van der Waals surface area contributed by atoms with Crippen LogP contribution in [0.1, 0.15) is 65.2 Å². The third-order valence-corrected chi connectivity index (χ3v) is 7.28. The van der Waals surface area contributed by atoms with Crippen LogP contribution in [0.4, 0.5) is 13.2 Å². The molecule has 1 spiro atoms. The normalized spacial score (nSPS) is 39.4. The Bertz CT molecular complexity index is 802. The number of rotatable bonds is 7. The topological polar surface area (TPSA) is 89.5 Å². The van der Waals surface area contributed by atoms with E-state index in [1.807, 2.05) is 6.92 Å². The minimum Gasteiger partial charge on any atom is -0.465 e. The van der Waals surface area contributed by atoms with Crippen molar-refractivity contribution in [2.45, 2.75) is 95.4 Å². The second-order valence-corrected chi connectivity index (χ2v) is 9.68. The van der Waals surface area contributed by atoms with Gasteiger partial charge < -0.3 is 18.9 Å². The number of halogens is 3. The number of carbonyl (C=O) groups excluding carboxylic acids is 2. The van der Waals surface area contributed by atoms with Gasteiger partial charge in [-0.3, -0.25) is 9.59 Å². The zero-order valence-electron chi connectivity index (χ0n) is 19.3. The largest absolute Gasteiger partial charge is 0.465 e. The van der Waals surface area contributed by atoms with Crippen molar-refractivity contribution in [3.63, 3.8) is 0 Å². The van der Waals surface area contributed by atoms with Crippen LogP contribution in [-0.2, 0) is 38.3 Å². The number of allylic oxidation sites excluding steroid dienone is 1. The Morgan fingerprint density at radius 2 is 1.88 bits per heavy atom. The Labute approximate surface area is 195 Å². The first-order valence-corrected chi connectivity index (χ1v) is 11.8. The zero-order chi connectivity index (χ0) is 24.6. The molecular formula is C23H31F3O8. The molecule has 2 bridgehead atoms. The summed E-state index contributed by atoms with van der Waals surface area (Å²) in [7, 11) is 0. The number of carbonyl (C=O) groups is 2. The summed E-state index contributed by atoms with van der Waals surface area (Å²) in [6.07, 6.45) is -1.10. The summed E-state index contributed by atoms with van der Waals surface area (Å²) >= 11 is 0. The van der Waals surface area contributed by atoms with E-state index in [-0.39, 0.29) is 49.7 Å². The van der Waals surface area contributed by atoms with Crippen LogP contribution in [0.3, 0.4) is 0 Å². The molecule has 0 radical (unpaired) electrons. The van der Waals surface area contributed by atoms with Crippen LogP contribution < -0.4 is 0 Å². The summed E-state index contributed by atoms with van der Waals surface area (Å²) in [5, 5.41) is 0. The monoisotopic (exact) mass is 492 g/mol. The predicted octanol–water partition coefficient (Wildman–Crippen LogP) is 4.32. The first kappa shape index (κ1) is 25.4. The number of fused-ring (bicyclic) bond motifs is 2. The summed E-state index contributed by atoms with van der Waals surface area (Å²) in [6, 6.07) is 0. The van der Waals surface area contributed by atoms with E-state index in [0.29, 0.717) is 6.42 Å². The summed E-state index contributed by atoms with van der Waals surface area (Å²) < 4.78 is 58.8. The van der Waals surface area contributed by atoms with E-state index in [2.05, 4.69) is 0 Å². The van der Waals surface area contributed by atoms with Gasteiger partial charge in [-0.25, -0.2) is 9.78 Å². The molecule has 0 aromatic rings. The molecule has 0 aromatic carbocycles. The molecule has 34 heavy (non-hydrogen) atoms. The van der Waals surface area contributed by atoms with Gasteiger partial charge in [-0.05, 0) is 38.5 Å². The molecule has 0 aromatic heterocycles. The van der Waals surface area contributed by atoms with Crippen molar-refractivity contribution in [2.75, 3.05) is 6.61 Å². The maximum absolute atomic E-state index is 12.4. The van der Waals surface area contributed by atoms with Crippen molar-refractivity contribution in [1.82, 2.24) is 0 Å². The van der Waals surface area contributed by atoms with Crippen LogP contribution in [0.25, 0.3) is 0 Å². The fourth-order valence-corrected chi connectivity index (χ4v) is 5.58. The van der Waals surface area contributed by atoms with E-state index < -0.39 is 42.1 Å². The average Bonchev–Trinajstić information content (AvgIpc) is 2.99. The third-order valence-electron chi connectivity index (χ3n) is 7.28. The number of alkyl halides is 3. The zero-order valence-corrected chi connectivity index (χ0v) is 19.3. The van der Waals surface area contributed by atoms with Crippen molar-refractivity contribution < 1.29 is 51.5 Å². The lowest BCUT2D eigenvalue weighted by molar-refractivity contribution is -0.575. The fourth-order valence-electron chi connectivity index (χ4n) is 5.58. The maximum Gasteiger partial charge on any atom is 0.409 e. The Kier molecular flexibility index (Phi) is 7.29. The molecule has 5 aliphatic rings. The molecule has 1 aliphatic carbocycles. The number of esters is 2. The van der Waals surface area contributed by atoms with Crippen molar-refractivity contribution in [2.24, 2.45) is 17.8 Å². The summed E-state index contributed by atoms with van der Waals surface area (Å²) in [5.41, 5.74) is -0.735. The van der Waals surface area contributed by atoms with Gasteiger partial charge in [0.2, 0.25) is 12.1 Å². The fraction of sp³-hybridized carbons (Fsp3) is 0.826. The molecular weight excluding hydrogens is 461 g/mol. The van der Waals surface area contributed by atoms with Crippen LogP contribution in [0.2, 0.25) is 0 Å². The van der Waals surface area contributed by atoms with E-state index in [4.69, 9.17) is 28.7 Å². The Hall–Kier alpha value is -1.69. The Morgan fingerprint density at radius 1 is 1.12 bits per heavy atom. The van der Waals surface area contributed by atoms with Gasteiger partial charge in [-0.15, -0.1) is 0 Å². The lowest BCUT2D eigenvalue weighted by Gasteiger charge is -2.58. The van der Waals surface area contributed by atoms with Crippen LogP contribution in [0.15, 0.2) is 12.2 Å². The van der Waals surface area contributed by atoms with Gasteiger partial charge in [-0.1, -0.05) is 19.4 Å². The van der Waals surface area contributed by atoms with E-state index in [1.54, 1.807) is 6.92 Å². The van der Waals surface area contributed by atoms with Gasteiger partial charge in [-0.2, -0.15) is 13.2 Å². The molecule has 1 saturated carbocycles. The molecule has 4 aliphatic heterocycles. The second kappa shape index (κ2) is 9.75. The molecule has 4 saturated heterocycles. The number of ether oxygens (including phenoxy) is 4. The highest BCUT2D eigenvalue weighted by Gasteiger charge is 2.68. The van der Waals surface area contributed by atoms with Gasteiger partial charge in [0, 0.05) is 24.3 Å². The number of hydrogen-bond acceptors (Lipinski definition) is 8. The highest BCUT2D eigenvalue weighted by molar-refractivity contribution is 5.77. The van der Waals surface area contributed by atoms with Gasteiger partial charge >= 0.3 is 18.1 Å². The van der Waals surface area contributed by atoms with E-state index in [0.717, 1.165) is 31.8 Å². The molecule has 5 rings (SSSR count). The van der Waals surface area contributed by atoms with Gasteiger partial charge in [0.1, 0.15) is 0 Å². The predicted molar refractivity (Wildman–Crippen MR) is 108 cm³/mol. The highest BCUT2D eigenvalue weighted by atomic mass is 19.4. The van der Waals surface area contributed by atoms with Crippen molar-refractivity contribution in [1.29, 1.82) is 0 Å². The summed E-state index contributed by atoms with van der Waals surface area (Å²) in [6.45, 7) is 3.55. The second-order valence-electron chi connectivity index (χ2n) is 9.68. The van der Waals surface area contributed by atoms with Crippen molar-refractivity contribution in [3.05, 3.63) is 12.2 Å². The smallest absolute Gasteiger partial charge is 0.409 e. The lowest BCUT2D eigenvalue weighted by atomic mass is 9.61. The van der Waals surface area contributed by atoms with E-state index >= 15 is 0 Å². The molecule has 7 atom stereocenters. The quantitative estimate of drug-likeness (QED) is 0.225. The molecule has 5 fully saturated rings. The van der Waals surface area contributed by atoms with Crippen LogP contribution >= 0.6 is 0 Å². The van der Waals surface area contributed by atoms with Crippen LogP contribution in [0, 0.1) is 17.8 Å². The first-order chi connectivity index (χ1) is 16.0. The Balaban J connectivity index is 1.29. The van der Waals surface area contributed by atoms with Gasteiger partial charge in [0.15, 0.2) is 11.9 Å². The molecule has 0 N–H and O–H groups in total. The van der Waals surface area contributed by atoms with E-state index in [1.165, 1.54) is 0 Å². The average molecular weight is 492 g/mol. The molecule has 192 valence electrons. The minimum absolute atomic E-state index is 0.0140. The van der Waals surface area contributed by atoms with Gasteiger partial charge in [0.25, 0.3) is 0 Å². The van der Waals surface area contributed by atoms with E-state index in [9.17, 15) is 22.8 Å². The first-order valence-electron chi connectivity index (χ1n) is 11.8. The highest BCUT2D eigenvalue weighted by Crippen LogP contribution is 2.59. The molecule has 11 heteroatoms. The molecule has 8 nitrogen and oxygen atoms in total. The molecule has 4 heterocycles. The summed E-state index contributed by atoms with van der Waals surface area (Å²) in [4.78, 5) is 35.9. The molecule has 0 amide bonds. The standard InChI is InChI=1S/C23H31F3O8/c1-14-16-7-5-6-15-10-12-21(2)32-20(23(15,16)34-33-21)31-19(14)30-18(28)9-8-17(27)29-13-4-3-11-22(24,25)26/h3,11,14-16,19-20H,4-10,12-13H2,1-2H3/b11-3-/t14-,15?,16+,19-,20-,21-,23-/m1/s1. The number of hydrogen-bond donors (Lipinski definition) is 0. The third kappa shape index (κ3) is 5.27. The lowest BCUT2D eigenvalue weighted by Crippen LogP contribution is -2.69. The van der Waals surface area contributed by atoms with Crippen molar-refractivity contribution >= 4 is 11.9 Å². The van der Waals surface area contributed by atoms with Gasteiger partial charge in [0.05, 0.1) is 19.4 Å². The van der Waals surface area contributed by atoms with Crippen LogP contribution in [0.5, 0.6) is 0 Å². The maximum atomic E-state index is 12.4. The summed E-state index contributed by atoms with van der Waals surface area (Å²) in [5.74, 6) is -2.18. The van der Waals surface area contributed by atoms with Crippen molar-refractivity contribution in [3.8, 4) is 0 Å². The SMILES string of the molecule is C[C@H]1[C@H](OC(=O)CCC(=O)OCC/C=C\C(F)(F)F)O[C@@H]2O[C@@]3(C)CCC4CCC[C@@H]1[C@]42OO3.